The first kappa shape index (κ1) is 20.4. The smallest absolute Gasteiger partial charge is 0.192 e. The molecule has 0 N–H and O–H groups in total. The van der Waals surface area contributed by atoms with Crippen molar-refractivity contribution < 1.29 is 9.53 Å². The maximum Gasteiger partial charge on any atom is 0.192 e. The zero-order chi connectivity index (χ0) is 18.6. The van der Waals surface area contributed by atoms with Gasteiger partial charge in [0.2, 0.25) is 0 Å². The van der Waals surface area contributed by atoms with Crippen LogP contribution in [0.4, 0.5) is 0 Å². The summed E-state index contributed by atoms with van der Waals surface area (Å²) in [5.74, 6) is 0.609. The summed E-state index contributed by atoms with van der Waals surface area (Å²) in [6.07, 6.45) is 6.19. The van der Waals surface area contributed by atoms with Crippen molar-refractivity contribution >= 4 is 40.1 Å². The summed E-state index contributed by atoms with van der Waals surface area (Å²) in [7, 11) is 1.60. The summed E-state index contributed by atoms with van der Waals surface area (Å²) in [6, 6.07) is 5.68. The zero-order valence-electron chi connectivity index (χ0n) is 15.6. The van der Waals surface area contributed by atoms with Gasteiger partial charge in [0.15, 0.2) is 5.78 Å². The fourth-order valence-corrected chi connectivity index (χ4v) is 4.06. The molecule has 1 aliphatic rings. The van der Waals surface area contributed by atoms with E-state index in [9.17, 15) is 4.79 Å². The fraction of sp³-hybridized carbons (Fsp3) is 0.450. The highest BCUT2D eigenvalue weighted by Gasteiger charge is 2.28. The zero-order valence-corrected chi connectivity index (χ0v) is 18.5. The Kier molecular flexibility index (Phi) is 7.02. The number of carbonyl (C=O) groups is 1. The van der Waals surface area contributed by atoms with Crippen molar-refractivity contribution in [2.45, 2.75) is 40.5 Å². The van der Waals surface area contributed by atoms with Crippen LogP contribution in [-0.2, 0) is 0 Å². The molecule has 1 aliphatic heterocycles. The first-order chi connectivity index (χ1) is 11.8. The van der Waals surface area contributed by atoms with Gasteiger partial charge >= 0.3 is 0 Å². The summed E-state index contributed by atoms with van der Waals surface area (Å²) >= 11 is 3.92. The van der Waals surface area contributed by atoms with E-state index in [-0.39, 0.29) is 11.2 Å². The summed E-state index contributed by atoms with van der Waals surface area (Å²) < 4.78 is 6.39. The first-order valence-electron chi connectivity index (χ1n) is 8.52. The minimum Gasteiger partial charge on any atom is -0.496 e. The molecule has 1 heterocycles. The summed E-state index contributed by atoms with van der Waals surface area (Å²) in [5, 5.41) is 1.00. The monoisotopic (exact) mass is 471 g/mol. The molecule has 3 nitrogen and oxygen atoms in total. The lowest BCUT2D eigenvalue weighted by atomic mass is 9.96. The van der Waals surface area contributed by atoms with E-state index in [0.717, 1.165) is 28.0 Å². The Morgan fingerprint density at radius 2 is 2.08 bits per heavy atom. The number of thioether (sulfide) groups is 1. The van der Waals surface area contributed by atoms with E-state index < -0.39 is 0 Å². The Hall–Kier alpha value is -0.950. The third kappa shape index (κ3) is 5.26. The van der Waals surface area contributed by atoms with E-state index in [1.165, 1.54) is 4.91 Å². The van der Waals surface area contributed by atoms with Crippen molar-refractivity contribution in [2.75, 3.05) is 13.7 Å². The lowest BCUT2D eigenvalue weighted by Crippen LogP contribution is -2.14. The highest BCUT2D eigenvalue weighted by Crippen LogP contribution is 2.45. The maximum absolute atomic E-state index is 12.9. The van der Waals surface area contributed by atoms with Crippen molar-refractivity contribution in [3.63, 3.8) is 0 Å². The fourth-order valence-electron chi connectivity index (χ4n) is 2.43. The quantitative estimate of drug-likeness (QED) is 0.287. The lowest BCUT2D eigenvalue weighted by molar-refractivity contribution is 0.104. The molecule has 0 bridgehead atoms. The molecular weight excluding hydrogens is 445 g/mol. The van der Waals surface area contributed by atoms with E-state index >= 15 is 0 Å². The Bertz CT molecular complexity index is 704. The third-order valence-electron chi connectivity index (χ3n) is 3.94. The molecule has 2 rings (SSSR count). The van der Waals surface area contributed by atoms with Gasteiger partial charge < -0.3 is 9.64 Å². The van der Waals surface area contributed by atoms with Gasteiger partial charge in [0.1, 0.15) is 5.75 Å². The van der Waals surface area contributed by atoms with E-state index in [1.54, 1.807) is 24.9 Å². The van der Waals surface area contributed by atoms with Crippen LogP contribution in [-0.4, -0.2) is 24.3 Å². The van der Waals surface area contributed by atoms with Gasteiger partial charge in [-0.1, -0.05) is 45.9 Å². The molecule has 0 unspecified atom stereocenters. The number of allylic oxidation sites excluding steroid dienone is 2. The molecule has 5 heteroatoms. The third-order valence-corrected chi connectivity index (χ3v) is 6.11. The second-order valence-corrected chi connectivity index (χ2v) is 9.39. The molecule has 0 spiro atoms. The number of ketones is 1. The van der Waals surface area contributed by atoms with Gasteiger partial charge in [-0.05, 0) is 52.6 Å². The summed E-state index contributed by atoms with van der Waals surface area (Å²) in [6.45, 7) is 9.74. The largest absolute Gasteiger partial charge is 0.496 e. The van der Waals surface area contributed by atoms with Crippen molar-refractivity contribution in [2.24, 2.45) is 5.41 Å². The van der Waals surface area contributed by atoms with Gasteiger partial charge in [-0.15, -0.1) is 0 Å². The molecule has 0 saturated carbocycles. The van der Waals surface area contributed by atoms with Gasteiger partial charge in [0.05, 0.1) is 17.7 Å². The predicted octanol–water partition coefficient (Wildman–Crippen LogP) is 6.06. The van der Waals surface area contributed by atoms with Crippen LogP contribution in [0.2, 0.25) is 0 Å². The van der Waals surface area contributed by atoms with Crippen LogP contribution in [0.3, 0.4) is 0 Å². The van der Waals surface area contributed by atoms with Crippen LogP contribution in [0.15, 0.2) is 40.4 Å². The molecule has 0 fully saturated rings. The number of nitrogens with zero attached hydrogens (tertiary/aromatic N) is 1. The van der Waals surface area contributed by atoms with Crippen LogP contribution >= 0.6 is 34.4 Å². The molecule has 0 saturated heterocycles. The highest BCUT2D eigenvalue weighted by molar-refractivity contribution is 14.1. The molecule has 0 aromatic heterocycles. The predicted molar refractivity (Wildman–Crippen MR) is 115 cm³/mol. The number of ether oxygens (including phenoxy) is 1. The van der Waals surface area contributed by atoms with Gasteiger partial charge in [-0.25, -0.2) is 0 Å². The van der Waals surface area contributed by atoms with E-state index in [4.69, 9.17) is 4.74 Å². The van der Waals surface area contributed by atoms with Crippen LogP contribution < -0.4 is 4.74 Å². The van der Waals surface area contributed by atoms with Crippen molar-refractivity contribution in [1.82, 2.24) is 4.90 Å². The normalized spacial score (nSPS) is 16.3. The lowest BCUT2D eigenvalue weighted by Gasteiger charge is -2.17. The molecule has 0 aliphatic carbocycles. The topological polar surface area (TPSA) is 29.5 Å². The minimum atomic E-state index is -0.0112. The number of hydrogen-bond donors (Lipinski definition) is 0. The number of benzene rings is 1. The number of carbonyl (C=O) groups excluding carboxylic acids is 1. The summed E-state index contributed by atoms with van der Waals surface area (Å²) in [5.41, 5.74) is 0.690. The van der Waals surface area contributed by atoms with Crippen LogP contribution in [0, 0.1) is 8.99 Å². The minimum absolute atomic E-state index is 0.0112. The highest BCUT2D eigenvalue weighted by atomic mass is 127. The SMILES string of the molecule is CCCCN1C=C(C(C)(C)C)S/C1=C\C(=O)c1cc(I)ccc1OC. The van der Waals surface area contributed by atoms with Gasteiger partial charge in [0.25, 0.3) is 0 Å². The Morgan fingerprint density at radius 1 is 1.36 bits per heavy atom. The van der Waals surface area contributed by atoms with Crippen molar-refractivity contribution in [3.8, 4) is 5.75 Å². The van der Waals surface area contributed by atoms with Crippen LogP contribution in [0.1, 0.15) is 50.9 Å². The number of hydrogen-bond acceptors (Lipinski definition) is 4. The molecule has 25 heavy (non-hydrogen) atoms. The van der Waals surface area contributed by atoms with Crippen LogP contribution in [0.5, 0.6) is 5.75 Å². The first-order valence-corrected chi connectivity index (χ1v) is 10.4. The average molecular weight is 471 g/mol. The molecule has 1 aromatic carbocycles. The van der Waals surface area contributed by atoms with Crippen molar-refractivity contribution in [3.05, 3.63) is 49.5 Å². The second kappa shape index (κ2) is 8.62. The Labute approximate surface area is 169 Å². The molecule has 136 valence electrons. The Morgan fingerprint density at radius 3 is 2.68 bits per heavy atom. The number of halogens is 1. The number of rotatable bonds is 6. The standard InChI is InChI=1S/C20H26INO2S/c1-6-7-10-22-13-18(20(2,3)4)25-19(22)12-16(23)15-11-14(21)8-9-17(15)24-5/h8-9,11-13H,6-7,10H2,1-5H3/b19-12-. The molecule has 1 aromatic rings. The molecule has 0 radical (unpaired) electrons. The Balaban J connectivity index is 2.32. The maximum atomic E-state index is 12.9. The van der Waals surface area contributed by atoms with Gasteiger partial charge in [-0.3, -0.25) is 4.79 Å². The second-order valence-electron chi connectivity index (χ2n) is 7.08. The number of methoxy groups -OCH3 is 1. The van der Waals surface area contributed by atoms with E-state index in [2.05, 4.69) is 61.4 Å². The molecular formula is C20H26INO2S. The average Bonchev–Trinajstić information content (AvgIpc) is 2.95. The molecule has 0 atom stereocenters. The summed E-state index contributed by atoms with van der Waals surface area (Å²) in [4.78, 5) is 16.4. The van der Waals surface area contributed by atoms with E-state index in [0.29, 0.717) is 11.3 Å². The van der Waals surface area contributed by atoms with Gasteiger partial charge in [-0.2, -0.15) is 0 Å². The van der Waals surface area contributed by atoms with Crippen molar-refractivity contribution in [1.29, 1.82) is 0 Å². The molecule has 0 amide bonds. The van der Waals surface area contributed by atoms with E-state index in [1.807, 2.05) is 18.2 Å². The van der Waals surface area contributed by atoms with Gasteiger partial charge in [0, 0.05) is 27.3 Å². The number of unbranched alkanes of at least 4 members (excludes halogenated alkanes) is 1. The van der Waals surface area contributed by atoms with Crippen LogP contribution in [0.25, 0.3) is 0 Å².